The van der Waals surface area contributed by atoms with E-state index in [1.165, 1.54) is 0 Å². The van der Waals surface area contributed by atoms with E-state index < -0.39 is 5.60 Å². The van der Waals surface area contributed by atoms with Crippen LogP contribution in [-0.4, -0.2) is 66.0 Å². The molecule has 6 heteroatoms. The highest BCUT2D eigenvalue weighted by molar-refractivity contribution is 5.87. The quantitative estimate of drug-likeness (QED) is 0.736. The number of morpholine rings is 1. The molecule has 1 saturated heterocycles. The molecule has 0 radical (unpaired) electrons. The standard InChI is InChI=1S/C24H31N3O3/c1-18(2)13-22(28)27-11-12-30-24(17-27,23(29)26(3)4)15-19-7-5-8-20(14-19)21-9-6-10-25-16-21/h5-10,14,16,18H,11-13,15,17H2,1-4H3/t24-/m0/s1. The number of benzene rings is 1. The fourth-order valence-corrected chi connectivity index (χ4v) is 3.92. The van der Waals surface area contributed by atoms with Gasteiger partial charge in [-0.05, 0) is 28.7 Å². The second kappa shape index (κ2) is 9.39. The van der Waals surface area contributed by atoms with Crippen LogP contribution in [-0.2, 0) is 20.7 Å². The largest absolute Gasteiger partial charge is 0.361 e. The first-order chi connectivity index (χ1) is 14.3. The van der Waals surface area contributed by atoms with Gasteiger partial charge in [0.1, 0.15) is 0 Å². The zero-order valence-electron chi connectivity index (χ0n) is 18.3. The third-order valence-corrected chi connectivity index (χ3v) is 5.33. The summed E-state index contributed by atoms with van der Waals surface area (Å²) < 4.78 is 6.13. The van der Waals surface area contributed by atoms with Crippen LogP contribution in [0.3, 0.4) is 0 Å². The molecule has 1 atom stereocenters. The van der Waals surface area contributed by atoms with Crippen LogP contribution in [0.5, 0.6) is 0 Å². The zero-order valence-corrected chi connectivity index (χ0v) is 18.3. The Hall–Kier alpha value is -2.73. The molecule has 2 amide bonds. The number of ether oxygens (including phenoxy) is 1. The number of hydrogen-bond acceptors (Lipinski definition) is 4. The Balaban J connectivity index is 1.89. The van der Waals surface area contributed by atoms with Crippen LogP contribution < -0.4 is 0 Å². The Bertz CT molecular complexity index is 882. The van der Waals surface area contributed by atoms with Gasteiger partial charge in [-0.1, -0.05) is 44.2 Å². The lowest BCUT2D eigenvalue weighted by atomic mass is 9.89. The first kappa shape index (κ1) is 22.0. The highest BCUT2D eigenvalue weighted by atomic mass is 16.5. The first-order valence-corrected chi connectivity index (χ1v) is 10.4. The average molecular weight is 410 g/mol. The number of likely N-dealkylation sites (N-methyl/N-ethyl adjacent to an activating group) is 1. The van der Waals surface area contributed by atoms with Crippen molar-refractivity contribution in [1.29, 1.82) is 0 Å². The molecule has 6 nitrogen and oxygen atoms in total. The van der Waals surface area contributed by atoms with Crippen molar-refractivity contribution in [2.75, 3.05) is 33.8 Å². The number of carbonyl (C=O) groups excluding carboxylic acids is 2. The van der Waals surface area contributed by atoms with Gasteiger partial charge in [0.05, 0.1) is 13.2 Å². The normalized spacial score (nSPS) is 19.0. The van der Waals surface area contributed by atoms with Gasteiger partial charge in [-0.2, -0.15) is 0 Å². The summed E-state index contributed by atoms with van der Waals surface area (Å²) in [5.41, 5.74) is 1.97. The Morgan fingerprint density at radius 1 is 1.20 bits per heavy atom. The summed E-state index contributed by atoms with van der Waals surface area (Å²) in [6.07, 6.45) is 4.45. The van der Waals surface area contributed by atoms with Gasteiger partial charge >= 0.3 is 0 Å². The van der Waals surface area contributed by atoms with Crippen molar-refractivity contribution in [3.63, 3.8) is 0 Å². The van der Waals surface area contributed by atoms with E-state index in [1.54, 1.807) is 30.1 Å². The Labute approximate surface area is 178 Å². The second-order valence-electron chi connectivity index (χ2n) is 8.57. The molecule has 0 saturated carbocycles. The third kappa shape index (κ3) is 5.05. The number of pyridine rings is 1. The molecule has 0 unspecified atom stereocenters. The Morgan fingerprint density at radius 3 is 2.63 bits per heavy atom. The topological polar surface area (TPSA) is 62.7 Å². The van der Waals surface area contributed by atoms with Gasteiger partial charge in [0.25, 0.3) is 5.91 Å². The van der Waals surface area contributed by atoms with Crippen LogP contribution >= 0.6 is 0 Å². The molecule has 0 N–H and O–H groups in total. The van der Waals surface area contributed by atoms with Crippen molar-refractivity contribution in [2.24, 2.45) is 5.92 Å². The number of carbonyl (C=O) groups is 2. The maximum atomic E-state index is 13.2. The summed E-state index contributed by atoms with van der Waals surface area (Å²) in [4.78, 5) is 33.5. The predicted octanol–water partition coefficient (Wildman–Crippen LogP) is 3.02. The maximum absolute atomic E-state index is 13.2. The lowest BCUT2D eigenvalue weighted by molar-refractivity contribution is -0.172. The van der Waals surface area contributed by atoms with Crippen LogP contribution in [0.2, 0.25) is 0 Å². The van der Waals surface area contributed by atoms with Gasteiger partial charge in [0.2, 0.25) is 5.91 Å². The molecule has 1 aromatic carbocycles. The molecule has 30 heavy (non-hydrogen) atoms. The minimum Gasteiger partial charge on any atom is -0.361 e. The summed E-state index contributed by atoms with van der Waals surface area (Å²) in [7, 11) is 3.46. The zero-order chi connectivity index (χ0) is 21.7. The molecular formula is C24H31N3O3. The van der Waals surface area contributed by atoms with Gasteiger partial charge in [-0.3, -0.25) is 14.6 Å². The number of nitrogens with zero attached hydrogens (tertiary/aromatic N) is 3. The molecule has 0 bridgehead atoms. The van der Waals surface area contributed by atoms with E-state index in [4.69, 9.17) is 4.74 Å². The van der Waals surface area contributed by atoms with E-state index in [0.717, 1.165) is 16.7 Å². The molecule has 2 aromatic rings. The minimum absolute atomic E-state index is 0.0772. The molecule has 160 valence electrons. The third-order valence-electron chi connectivity index (χ3n) is 5.33. The highest BCUT2D eigenvalue weighted by Gasteiger charge is 2.46. The highest BCUT2D eigenvalue weighted by Crippen LogP contribution is 2.28. The fraction of sp³-hybridized carbons (Fsp3) is 0.458. The summed E-state index contributed by atoms with van der Waals surface area (Å²) >= 11 is 0. The summed E-state index contributed by atoms with van der Waals surface area (Å²) in [6.45, 7) is 5.20. The minimum atomic E-state index is -1.08. The number of amides is 2. The number of rotatable bonds is 6. The Kier molecular flexibility index (Phi) is 6.87. The van der Waals surface area contributed by atoms with Crippen LogP contribution in [0, 0.1) is 5.92 Å². The van der Waals surface area contributed by atoms with Crippen molar-refractivity contribution in [3.05, 3.63) is 54.4 Å². The molecule has 1 fully saturated rings. The second-order valence-corrected chi connectivity index (χ2v) is 8.57. The fourth-order valence-electron chi connectivity index (χ4n) is 3.92. The van der Waals surface area contributed by atoms with Gasteiger partial charge in [0, 0.05) is 45.9 Å². The van der Waals surface area contributed by atoms with Crippen molar-refractivity contribution in [1.82, 2.24) is 14.8 Å². The maximum Gasteiger partial charge on any atom is 0.256 e. The monoisotopic (exact) mass is 409 g/mol. The van der Waals surface area contributed by atoms with Crippen molar-refractivity contribution in [2.45, 2.75) is 32.3 Å². The first-order valence-electron chi connectivity index (χ1n) is 10.4. The molecule has 1 aliphatic heterocycles. The summed E-state index contributed by atoms with van der Waals surface area (Å²) in [5.74, 6) is 0.236. The molecule has 1 aromatic heterocycles. The van der Waals surface area contributed by atoms with E-state index >= 15 is 0 Å². The van der Waals surface area contributed by atoms with Crippen LogP contribution in [0.4, 0.5) is 0 Å². The predicted molar refractivity (Wildman–Crippen MR) is 117 cm³/mol. The Morgan fingerprint density at radius 2 is 1.97 bits per heavy atom. The van der Waals surface area contributed by atoms with Gasteiger partial charge < -0.3 is 14.5 Å². The molecule has 0 aliphatic carbocycles. The van der Waals surface area contributed by atoms with Crippen LogP contribution in [0.1, 0.15) is 25.8 Å². The lowest BCUT2D eigenvalue weighted by Crippen LogP contribution is -2.61. The van der Waals surface area contributed by atoms with Crippen LogP contribution in [0.25, 0.3) is 11.1 Å². The van der Waals surface area contributed by atoms with E-state index in [2.05, 4.69) is 11.1 Å². The van der Waals surface area contributed by atoms with Gasteiger partial charge in [-0.25, -0.2) is 0 Å². The SMILES string of the molecule is CC(C)CC(=O)N1CCO[C@](Cc2cccc(-c3cccnc3)c2)(C(=O)N(C)C)C1. The molecule has 3 rings (SSSR count). The summed E-state index contributed by atoms with van der Waals surface area (Å²) in [5, 5.41) is 0. The van der Waals surface area contributed by atoms with Gasteiger partial charge in [-0.15, -0.1) is 0 Å². The molecular weight excluding hydrogens is 378 g/mol. The average Bonchev–Trinajstić information content (AvgIpc) is 2.73. The van der Waals surface area contributed by atoms with E-state index in [0.29, 0.717) is 26.0 Å². The molecule has 2 heterocycles. The van der Waals surface area contributed by atoms with Gasteiger partial charge in [0.15, 0.2) is 5.60 Å². The summed E-state index contributed by atoms with van der Waals surface area (Å²) in [6, 6.07) is 12.0. The lowest BCUT2D eigenvalue weighted by Gasteiger charge is -2.43. The smallest absolute Gasteiger partial charge is 0.256 e. The number of aromatic nitrogens is 1. The van der Waals surface area contributed by atoms with E-state index in [1.807, 2.05) is 50.4 Å². The van der Waals surface area contributed by atoms with E-state index in [-0.39, 0.29) is 24.3 Å². The van der Waals surface area contributed by atoms with E-state index in [9.17, 15) is 9.59 Å². The van der Waals surface area contributed by atoms with Crippen molar-refractivity contribution < 1.29 is 14.3 Å². The molecule has 0 spiro atoms. The molecule has 1 aliphatic rings. The van der Waals surface area contributed by atoms with Crippen molar-refractivity contribution >= 4 is 11.8 Å². The van der Waals surface area contributed by atoms with Crippen LogP contribution in [0.15, 0.2) is 48.8 Å². The van der Waals surface area contributed by atoms with Crippen molar-refractivity contribution in [3.8, 4) is 11.1 Å². The number of hydrogen-bond donors (Lipinski definition) is 0.